The molecule has 0 bridgehead atoms. The van der Waals surface area contributed by atoms with Gasteiger partial charge in [-0.25, -0.2) is 0 Å². The van der Waals surface area contributed by atoms with Gasteiger partial charge in [-0.2, -0.15) is 0 Å². The summed E-state index contributed by atoms with van der Waals surface area (Å²) in [4.78, 5) is 2.59. The molecule has 1 N–H and O–H groups in total. The van der Waals surface area contributed by atoms with Crippen molar-refractivity contribution in [2.45, 2.75) is 57.2 Å². The standard InChI is InChI=1S/C15H30N2O2/c1-13(2)17-8-4-5-14(6-9-17)16-11-15(18-3)7-10-19-12-15/h13-14,16H,4-12H2,1-3H3. The van der Waals surface area contributed by atoms with Crippen LogP contribution in [0, 0.1) is 0 Å². The fraction of sp³-hybridized carbons (Fsp3) is 1.00. The maximum absolute atomic E-state index is 5.68. The van der Waals surface area contributed by atoms with Gasteiger partial charge in [-0.15, -0.1) is 0 Å². The van der Waals surface area contributed by atoms with Crippen molar-refractivity contribution in [2.24, 2.45) is 0 Å². The largest absolute Gasteiger partial charge is 0.378 e. The monoisotopic (exact) mass is 270 g/mol. The van der Waals surface area contributed by atoms with Crippen molar-refractivity contribution in [3.63, 3.8) is 0 Å². The zero-order valence-corrected chi connectivity index (χ0v) is 12.8. The molecule has 2 atom stereocenters. The molecule has 0 amide bonds. The highest BCUT2D eigenvalue weighted by atomic mass is 16.5. The molecule has 2 aliphatic heterocycles. The highest BCUT2D eigenvalue weighted by molar-refractivity contribution is 4.89. The van der Waals surface area contributed by atoms with Crippen LogP contribution in [0.25, 0.3) is 0 Å². The molecule has 19 heavy (non-hydrogen) atoms. The van der Waals surface area contributed by atoms with E-state index in [4.69, 9.17) is 9.47 Å². The molecule has 2 aliphatic rings. The number of rotatable bonds is 5. The van der Waals surface area contributed by atoms with Crippen molar-refractivity contribution in [1.82, 2.24) is 10.2 Å². The van der Waals surface area contributed by atoms with Crippen LogP contribution in [0.3, 0.4) is 0 Å². The van der Waals surface area contributed by atoms with E-state index in [9.17, 15) is 0 Å². The summed E-state index contributed by atoms with van der Waals surface area (Å²) in [6.45, 7) is 9.55. The van der Waals surface area contributed by atoms with E-state index < -0.39 is 0 Å². The molecule has 4 heteroatoms. The zero-order chi connectivity index (χ0) is 13.7. The molecule has 0 radical (unpaired) electrons. The first-order valence-corrected chi connectivity index (χ1v) is 7.75. The smallest absolute Gasteiger partial charge is 0.106 e. The lowest BCUT2D eigenvalue weighted by Gasteiger charge is -2.29. The SMILES string of the molecule is COC1(CNC2CCCN(C(C)C)CC2)CCOC1. The quantitative estimate of drug-likeness (QED) is 0.823. The van der Waals surface area contributed by atoms with Crippen LogP contribution in [0.2, 0.25) is 0 Å². The topological polar surface area (TPSA) is 33.7 Å². The van der Waals surface area contributed by atoms with E-state index in [1.807, 2.05) is 7.11 Å². The molecule has 0 aromatic rings. The van der Waals surface area contributed by atoms with E-state index in [1.54, 1.807) is 0 Å². The first-order chi connectivity index (χ1) is 9.15. The minimum atomic E-state index is -0.0793. The lowest BCUT2D eigenvalue weighted by atomic mass is 10.0. The summed E-state index contributed by atoms with van der Waals surface area (Å²) in [5.74, 6) is 0. The summed E-state index contributed by atoms with van der Waals surface area (Å²) in [7, 11) is 1.81. The Morgan fingerprint density at radius 2 is 2.21 bits per heavy atom. The van der Waals surface area contributed by atoms with Gasteiger partial charge < -0.3 is 19.7 Å². The van der Waals surface area contributed by atoms with Crippen LogP contribution in [0.4, 0.5) is 0 Å². The normalized spacial score (nSPS) is 33.8. The van der Waals surface area contributed by atoms with Crippen molar-refractivity contribution < 1.29 is 9.47 Å². The Hall–Kier alpha value is -0.160. The number of methoxy groups -OCH3 is 1. The van der Waals surface area contributed by atoms with Gasteiger partial charge in [0.15, 0.2) is 0 Å². The van der Waals surface area contributed by atoms with Crippen LogP contribution in [0.5, 0.6) is 0 Å². The zero-order valence-electron chi connectivity index (χ0n) is 12.8. The van der Waals surface area contributed by atoms with Crippen LogP contribution in [-0.2, 0) is 9.47 Å². The summed E-state index contributed by atoms with van der Waals surface area (Å²) in [6, 6.07) is 1.31. The molecule has 2 unspecified atom stereocenters. The summed E-state index contributed by atoms with van der Waals surface area (Å²) < 4.78 is 11.2. The van der Waals surface area contributed by atoms with Crippen molar-refractivity contribution in [3.8, 4) is 0 Å². The Balaban J connectivity index is 1.77. The van der Waals surface area contributed by atoms with E-state index in [-0.39, 0.29) is 5.60 Å². The highest BCUT2D eigenvalue weighted by Crippen LogP contribution is 2.22. The third kappa shape index (κ3) is 4.15. The first-order valence-electron chi connectivity index (χ1n) is 7.75. The molecule has 2 rings (SSSR count). The molecule has 2 saturated heterocycles. The maximum atomic E-state index is 5.68. The van der Waals surface area contributed by atoms with E-state index in [1.165, 1.54) is 32.4 Å². The second kappa shape index (κ2) is 7.02. The maximum Gasteiger partial charge on any atom is 0.106 e. The number of nitrogens with zero attached hydrogens (tertiary/aromatic N) is 1. The van der Waals surface area contributed by atoms with Gasteiger partial charge in [-0.3, -0.25) is 0 Å². The van der Waals surface area contributed by atoms with Crippen molar-refractivity contribution in [2.75, 3.05) is 40.0 Å². The second-order valence-electron chi connectivity index (χ2n) is 6.33. The molecule has 112 valence electrons. The molecule has 2 fully saturated rings. The molecule has 0 saturated carbocycles. The van der Waals surface area contributed by atoms with Gasteiger partial charge in [-0.05, 0) is 46.2 Å². The van der Waals surface area contributed by atoms with Gasteiger partial charge in [0.1, 0.15) is 5.60 Å². The third-order valence-electron chi connectivity index (χ3n) is 4.71. The van der Waals surface area contributed by atoms with Crippen molar-refractivity contribution in [1.29, 1.82) is 0 Å². The van der Waals surface area contributed by atoms with Gasteiger partial charge in [0, 0.05) is 38.8 Å². The van der Waals surface area contributed by atoms with E-state index in [0.29, 0.717) is 12.1 Å². The Bertz CT molecular complexity index is 265. The Morgan fingerprint density at radius 1 is 1.37 bits per heavy atom. The van der Waals surface area contributed by atoms with Crippen LogP contribution in [-0.4, -0.2) is 62.5 Å². The second-order valence-corrected chi connectivity index (χ2v) is 6.33. The average Bonchev–Trinajstić information content (AvgIpc) is 2.74. The number of ether oxygens (including phenoxy) is 2. The molecule has 0 aliphatic carbocycles. The fourth-order valence-corrected chi connectivity index (χ4v) is 3.13. The van der Waals surface area contributed by atoms with Gasteiger partial charge in [-0.1, -0.05) is 0 Å². The van der Waals surface area contributed by atoms with E-state index in [2.05, 4.69) is 24.1 Å². The summed E-state index contributed by atoms with van der Waals surface area (Å²) in [6.07, 6.45) is 4.84. The molecule has 2 heterocycles. The first kappa shape index (κ1) is 15.2. The average molecular weight is 270 g/mol. The molecular weight excluding hydrogens is 240 g/mol. The van der Waals surface area contributed by atoms with Gasteiger partial charge in [0.2, 0.25) is 0 Å². The Morgan fingerprint density at radius 3 is 2.84 bits per heavy atom. The highest BCUT2D eigenvalue weighted by Gasteiger charge is 2.35. The number of hydrogen-bond acceptors (Lipinski definition) is 4. The number of hydrogen-bond donors (Lipinski definition) is 1. The van der Waals surface area contributed by atoms with Crippen molar-refractivity contribution >= 4 is 0 Å². The number of likely N-dealkylation sites (tertiary alicyclic amines) is 1. The lowest BCUT2D eigenvalue weighted by Crippen LogP contribution is -2.46. The Labute approximate surface area is 117 Å². The summed E-state index contributed by atoms with van der Waals surface area (Å²) in [5.41, 5.74) is -0.0793. The fourth-order valence-electron chi connectivity index (χ4n) is 3.13. The van der Waals surface area contributed by atoms with Gasteiger partial charge in [0.05, 0.1) is 6.61 Å². The summed E-state index contributed by atoms with van der Waals surface area (Å²) in [5, 5.41) is 3.72. The molecule has 4 nitrogen and oxygen atoms in total. The van der Waals surface area contributed by atoms with Crippen LogP contribution in [0.1, 0.15) is 39.5 Å². The Kier molecular flexibility index (Phi) is 5.63. The van der Waals surface area contributed by atoms with Crippen LogP contribution < -0.4 is 5.32 Å². The van der Waals surface area contributed by atoms with Gasteiger partial charge >= 0.3 is 0 Å². The summed E-state index contributed by atoms with van der Waals surface area (Å²) >= 11 is 0. The van der Waals surface area contributed by atoms with Crippen LogP contribution >= 0.6 is 0 Å². The van der Waals surface area contributed by atoms with Gasteiger partial charge in [0.25, 0.3) is 0 Å². The molecule has 0 spiro atoms. The molecular formula is C15H30N2O2. The number of nitrogens with one attached hydrogen (secondary N) is 1. The minimum Gasteiger partial charge on any atom is -0.378 e. The predicted octanol–water partition coefficient (Wildman–Crippen LogP) is 1.64. The predicted molar refractivity (Wildman–Crippen MR) is 77.5 cm³/mol. The van der Waals surface area contributed by atoms with E-state index in [0.717, 1.165) is 26.2 Å². The van der Waals surface area contributed by atoms with Crippen molar-refractivity contribution in [3.05, 3.63) is 0 Å². The minimum absolute atomic E-state index is 0.0793. The third-order valence-corrected chi connectivity index (χ3v) is 4.71. The molecule has 0 aromatic carbocycles. The van der Waals surface area contributed by atoms with Crippen LogP contribution in [0.15, 0.2) is 0 Å². The van der Waals surface area contributed by atoms with E-state index >= 15 is 0 Å². The lowest BCUT2D eigenvalue weighted by molar-refractivity contribution is -0.0177. The molecule has 0 aromatic heterocycles.